The molecule has 0 aliphatic rings. The van der Waals surface area contributed by atoms with Crippen molar-refractivity contribution in [3.63, 3.8) is 0 Å². The molecule has 0 saturated heterocycles. The fourth-order valence-electron chi connectivity index (χ4n) is 4.93. The van der Waals surface area contributed by atoms with Gasteiger partial charge in [0, 0.05) is 10.9 Å². The minimum absolute atomic E-state index is 0.111. The molecule has 5 rings (SSSR count). The van der Waals surface area contributed by atoms with E-state index in [2.05, 4.69) is 49.8 Å². The van der Waals surface area contributed by atoms with Crippen LogP contribution in [-0.2, 0) is 12.6 Å². The maximum absolute atomic E-state index is 13.5. The lowest BCUT2D eigenvalue weighted by atomic mass is 9.86. The van der Waals surface area contributed by atoms with Gasteiger partial charge < -0.3 is 4.42 Å². The molecule has 2 aromatic heterocycles. The Labute approximate surface area is 208 Å². The van der Waals surface area contributed by atoms with Crippen molar-refractivity contribution in [2.24, 2.45) is 5.41 Å². The van der Waals surface area contributed by atoms with E-state index < -0.39 is 11.7 Å². The number of benzene rings is 3. The molecule has 186 valence electrons. The van der Waals surface area contributed by atoms with E-state index in [1.165, 1.54) is 23.5 Å². The second-order valence-corrected chi connectivity index (χ2v) is 11.2. The quantitative estimate of drug-likeness (QED) is 0.253. The van der Waals surface area contributed by atoms with Crippen molar-refractivity contribution >= 4 is 32.8 Å². The number of hydrogen-bond acceptors (Lipinski definition) is 3. The summed E-state index contributed by atoms with van der Waals surface area (Å²) in [6, 6.07) is 11.9. The number of rotatable bonds is 3. The minimum atomic E-state index is -4.41. The Kier molecular flexibility index (Phi) is 5.62. The molecule has 0 saturated carbocycles. The Morgan fingerprint density at radius 1 is 0.917 bits per heavy atom. The van der Waals surface area contributed by atoms with Crippen LogP contribution in [0.2, 0.25) is 0 Å². The van der Waals surface area contributed by atoms with Gasteiger partial charge in [0.1, 0.15) is 23.1 Å². The summed E-state index contributed by atoms with van der Waals surface area (Å²) < 4.78 is 46.7. The van der Waals surface area contributed by atoms with E-state index in [1.807, 2.05) is 19.9 Å². The topological polar surface area (TPSA) is 38.9 Å². The second-order valence-electron chi connectivity index (χ2n) is 11.2. The first-order chi connectivity index (χ1) is 16.8. The SMILES string of the molecule is Cc1cc2c(cc1CC(C)(C)C)oc1c(-c3cc(C(C)C)c4ccc(C(F)(F)F)cc4c3)ncnc12. The predicted molar refractivity (Wildman–Crippen MR) is 139 cm³/mol. The average molecular weight is 491 g/mol. The van der Waals surface area contributed by atoms with Crippen molar-refractivity contribution in [1.82, 2.24) is 9.97 Å². The summed E-state index contributed by atoms with van der Waals surface area (Å²) in [7, 11) is 0. The average Bonchev–Trinajstić information content (AvgIpc) is 3.13. The third-order valence-electron chi connectivity index (χ3n) is 6.64. The van der Waals surface area contributed by atoms with Crippen LogP contribution in [0.25, 0.3) is 44.1 Å². The summed E-state index contributed by atoms with van der Waals surface area (Å²) in [6.45, 7) is 12.8. The highest BCUT2D eigenvalue weighted by Crippen LogP contribution is 2.39. The molecule has 0 aliphatic carbocycles. The van der Waals surface area contributed by atoms with Gasteiger partial charge >= 0.3 is 6.18 Å². The van der Waals surface area contributed by atoms with Crippen LogP contribution in [-0.4, -0.2) is 9.97 Å². The molecule has 3 aromatic carbocycles. The van der Waals surface area contributed by atoms with Gasteiger partial charge in [0.05, 0.1) is 5.56 Å². The molecule has 0 aliphatic heterocycles. The third kappa shape index (κ3) is 4.34. The van der Waals surface area contributed by atoms with E-state index in [0.717, 1.165) is 34.4 Å². The van der Waals surface area contributed by atoms with E-state index in [1.54, 1.807) is 12.1 Å². The summed E-state index contributed by atoms with van der Waals surface area (Å²) in [4.78, 5) is 9.04. The largest absolute Gasteiger partial charge is 0.452 e. The number of alkyl halides is 3. The zero-order chi connectivity index (χ0) is 26.0. The van der Waals surface area contributed by atoms with Gasteiger partial charge in [0.25, 0.3) is 0 Å². The van der Waals surface area contributed by atoms with Gasteiger partial charge in [-0.25, -0.2) is 9.97 Å². The lowest BCUT2D eigenvalue weighted by Crippen LogP contribution is -2.10. The van der Waals surface area contributed by atoms with Crippen LogP contribution in [0, 0.1) is 12.3 Å². The second kappa shape index (κ2) is 8.32. The Bertz CT molecular complexity index is 1620. The number of aryl methyl sites for hydroxylation is 1. The van der Waals surface area contributed by atoms with Crippen molar-refractivity contribution in [2.75, 3.05) is 0 Å². The van der Waals surface area contributed by atoms with Gasteiger partial charge in [-0.2, -0.15) is 13.2 Å². The molecule has 0 unspecified atom stereocenters. The van der Waals surface area contributed by atoms with Crippen LogP contribution >= 0.6 is 0 Å². The first-order valence-electron chi connectivity index (χ1n) is 12.1. The van der Waals surface area contributed by atoms with Gasteiger partial charge in [-0.3, -0.25) is 0 Å². The van der Waals surface area contributed by atoms with E-state index in [-0.39, 0.29) is 11.3 Å². The summed E-state index contributed by atoms with van der Waals surface area (Å²) in [5, 5.41) is 2.24. The number of hydrogen-bond donors (Lipinski definition) is 0. The summed E-state index contributed by atoms with van der Waals surface area (Å²) in [5.74, 6) is 0.111. The zero-order valence-electron chi connectivity index (χ0n) is 21.3. The van der Waals surface area contributed by atoms with Crippen LogP contribution in [0.1, 0.15) is 62.8 Å². The molecule has 6 heteroatoms. The Morgan fingerprint density at radius 2 is 1.67 bits per heavy atom. The minimum Gasteiger partial charge on any atom is -0.452 e. The predicted octanol–water partition coefficient (Wildman–Crippen LogP) is 9.24. The van der Waals surface area contributed by atoms with Gasteiger partial charge in [-0.1, -0.05) is 40.7 Å². The van der Waals surface area contributed by atoms with Crippen molar-refractivity contribution in [3.05, 3.63) is 71.0 Å². The summed E-state index contributed by atoms with van der Waals surface area (Å²) in [6.07, 6.45) is -2.00. The summed E-state index contributed by atoms with van der Waals surface area (Å²) in [5.41, 5.74) is 6.09. The molecule has 0 atom stereocenters. The highest BCUT2D eigenvalue weighted by Gasteiger charge is 2.30. The maximum atomic E-state index is 13.5. The van der Waals surface area contributed by atoms with Crippen molar-refractivity contribution in [2.45, 2.75) is 60.1 Å². The van der Waals surface area contributed by atoms with Gasteiger partial charge in [-0.05, 0) is 88.5 Å². The number of nitrogens with zero attached hydrogens (tertiary/aromatic N) is 2. The number of halogens is 3. The third-order valence-corrected chi connectivity index (χ3v) is 6.64. The monoisotopic (exact) mass is 490 g/mol. The Morgan fingerprint density at radius 3 is 2.33 bits per heavy atom. The van der Waals surface area contributed by atoms with E-state index in [0.29, 0.717) is 27.7 Å². The fourth-order valence-corrected chi connectivity index (χ4v) is 4.93. The molecule has 0 fully saturated rings. The smallest absolute Gasteiger partial charge is 0.416 e. The van der Waals surface area contributed by atoms with Gasteiger partial charge in [0.2, 0.25) is 0 Å². The molecular weight excluding hydrogens is 461 g/mol. The lowest BCUT2D eigenvalue weighted by Gasteiger charge is -2.19. The molecule has 0 radical (unpaired) electrons. The first-order valence-corrected chi connectivity index (χ1v) is 12.1. The number of furan rings is 1. The van der Waals surface area contributed by atoms with Gasteiger partial charge in [-0.15, -0.1) is 0 Å². The van der Waals surface area contributed by atoms with E-state index in [4.69, 9.17) is 4.42 Å². The van der Waals surface area contributed by atoms with Crippen LogP contribution in [0.5, 0.6) is 0 Å². The molecule has 2 heterocycles. The van der Waals surface area contributed by atoms with Crippen LogP contribution in [0.4, 0.5) is 13.2 Å². The molecule has 0 bridgehead atoms. The van der Waals surface area contributed by atoms with Crippen molar-refractivity contribution in [1.29, 1.82) is 0 Å². The molecule has 3 nitrogen and oxygen atoms in total. The van der Waals surface area contributed by atoms with Crippen molar-refractivity contribution in [3.8, 4) is 11.3 Å². The van der Waals surface area contributed by atoms with E-state index in [9.17, 15) is 13.2 Å². The lowest BCUT2D eigenvalue weighted by molar-refractivity contribution is -0.137. The maximum Gasteiger partial charge on any atom is 0.416 e. The standard InChI is InChI=1S/C30H29F3N2O/c1-16(2)23-12-19(10-18-11-21(30(31,32)33)7-8-22(18)23)26-28-27(35-15-34-26)24-9-17(3)20(13-25(24)36-28)14-29(4,5)6/h7-13,15-16H,14H2,1-6H3. The first kappa shape index (κ1) is 24.3. The van der Waals surface area contributed by atoms with Crippen molar-refractivity contribution < 1.29 is 17.6 Å². The van der Waals surface area contributed by atoms with Crippen LogP contribution in [0.15, 0.2) is 53.2 Å². The molecule has 0 amide bonds. The zero-order valence-corrected chi connectivity index (χ0v) is 21.3. The van der Waals surface area contributed by atoms with E-state index >= 15 is 0 Å². The number of fused-ring (bicyclic) bond motifs is 4. The van der Waals surface area contributed by atoms with Crippen LogP contribution < -0.4 is 0 Å². The fraction of sp³-hybridized carbons (Fsp3) is 0.333. The Hall–Kier alpha value is -3.41. The molecule has 36 heavy (non-hydrogen) atoms. The van der Waals surface area contributed by atoms with Gasteiger partial charge in [0.15, 0.2) is 5.58 Å². The molecule has 0 spiro atoms. The normalized spacial score (nSPS) is 12.9. The summed E-state index contributed by atoms with van der Waals surface area (Å²) >= 11 is 0. The Balaban J connectivity index is 1.75. The highest BCUT2D eigenvalue weighted by atomic mass is 19.4. The molecular formula is C30H29F3N2O. The molecule has 5 aromatic rings. The molecule has 0 N–H and O–H groups in total. The van der Waals surface area contributed by atoms with Crippen LogP contribution in [0.3, 0.4) is 0 Å². The number of aromatic nitrogens is 2. The highest BCUT2D eigenvalue weighted by molar-refractivity contribution is 6.07.